The maximum Gasteiger partial charge on any atom is 0.237 e. The first-order chi connectivity index (χ1) is 7.51. The monoisotopic (exact) mass is 230 g/mol. The summed E-state index contributed by atoms with van der Waals surface area (Å²) >= 11 is 0. The molecule has 1 saturated heterocycles. The Morgan fingerprint density at radius 1 is 1.62 bits per heavy atom. The highest BCUT2D eigenvalue weighted by atomic mass is 16.5. The molecule has 1 aliphatic heterocycles. The number of carbonyl (C=O) groups is 1. The first-order valence-corrected chi connectivity index (χ1v) is 5.67. The van der Waals surface area contributed by atoms with Crippen molar-refractivity contribution < 1.29 is 14.3 Å². The predicted octanol–water partition coefficient (Wildman–Crippen LogP) is -0.109. The normalized spacial score (nSPS) is 27.1. The molecule has 2 atom stereocenters. The lowest BCUT2D eigenvalue weighted by Gasteiger charge is -2.27. The third-order valence-electron chi connectivity index (χ3n) is 3.11. The molecule has 1 rings (SSSR count). The van der Waals surface area contributed by atoms with Crippen molar-refractivity contribution in [3.63, 3.8) is 0 Å². The summed E-state index contributed by atoms with van der Waals surface area (Å²) in [7, 11) is 1.64. The highest BCUT2D eigenvalue weighted by Crippen LogP contribution is 2.21. The molecule has 1 fully saturated rings. The summed E-state index contributed by atoms with van der Waals surface area (Å²) in [6.45, 7) is 5.52. The van der Waals surface area contributed by atoms with E-state index in [0.29, 0.717) is 19.8 Å². The van der Waals surface area contributed by atoms with E-state index in [1.165, 1.54) is 0 Å². The van der Waals surface area contributed by atoms with Crippen molar-refractivity contribution >= 4 is 5.91 Å². The molecule has 0 aliphatic carbocycles. The SMILES string of the molecule is COC1(CNC(=O)C(N)C(C)C)CCOC1. The van der Waals surface area contributed by atoms with E-state index in [-0.39, 0.29) is 17.4 Å². The molecule has 5 heteroatoms. The molecule has 2 unspecified atom stereocenters. The van der Waals surface area contributed by atoms with Gasteiger partial charge in [0.2, 0.25) is 5.91 Å². The molecular weight excluding hydrogens is 208 g/mol. The fraction of sp³-hybridized carbons (Fsp3) is 0.909. The zero-order valence-electron chi connectivity index (χ0n) is 10.3. The average Bonchev–Trinajstić information content (AvgIpc) is 2.74. The number of methoxy groups -OCH3 is 1. The van der Waals surface area contributed by atoms with Crippen LogP contribution in [0, 0.1) is 5.92 Å². The van der Waals surface area contributed by atoms with Crippen LogP contribution in [0.1, 0.15) is 20.3 Å². The third-order valence-corrected chi connectivity index (χ3v) is 3.11. The van der Waals surface area contributed by atoms with Gasteiger partial charge in [-0.25, -0.2) is 0 Å². The van der Waals surface area contributed by atoms with E-state index >= 15 is 0 Å². The van der Waals surface area contributed by atoms with Gasteiger partial charge in [-0.3, -0.25) is 4.79 Å². The molecule has 0 aromatic rings. The molecule has 1 aliphatic rings. The lowest BCUT2D eigenvalue weighted by atomic mass is 10.0. The van der Waals surface area contributed by atoms with E-state index in [4.69, 9.17) is 15.2 Å². The van der Waals surface area contributed by atoms with E-state index < -0.39 is 6.04 Å². The maximum absolute atomic E-state index is 11.7. The molecule has 3 N–H and O–H groups in total. The number of nitrogens with two attached hydrogens (primary N) is 1. The number of amides is 1. The summed E-state index contributed by atoms with van der Waals surface area (Å²) in [5, 5.41) is 2.83. The predicted molar refractivity (Wildman–Crippen MR) is 61.0 cm³/mol. The molecule has 0 spiro atoms. The van der Waals surface area contributed by atoms with Crippen LogP contribution in [0.4, 0.5) is 0 Å². The Morgan fingerprint density at radius 3 is 2.75 bits per heavy atom. The molecular formula is C11H22N2O3. The van der Waals surface area contributed by atoms with Crippen molar-refractivity contribution in [3.05, 3.63) is 0 Å². The van der Waals surface area contributed by atoms with Crippen molar-refractivity contribution in [1.82, 2.24) is 5.32 Å². The van der Waals surface area contributed by atoms with Crippen LogP contribution < -0.4 is 11.1 Å². The number of rotatable bonds is 5. The van der Waals surface area contributed by atoms with E-state index in [0.717, 1.165) is 6.42 Å². The Kier molecular flexibility index (Phi) is 4.70. The van der Waals surface area contributed by atoms with Crippen LogP contribution in [0.2, 0.25) is 0 Å². The maximum atomic E-state index is 11.7. The largest absolute Gasteiger partial charge is 0.378 e. The second-order valence-electron chi connectivity index (χ2n) is 4.68. The molecule has 0 radical (unpaired) electrons. The van der Waals surface area contributed by atoms with Gasteiger partial charge in [-0.15, -0.1) is 0 Å². The molecule has 94 valence electrons. The summed E-state index contributed by atoms with van der Waals surface area (Å²) in [5.74, 6) is 0.0108. The Bertz CT molecular complexity index is 237. The first kappa shape index (κ1) is 13.4. The van der Waals surface area contributed by atoms with Crippen LogP contribution >= 0.6 is 0 Å². The van der Waals surface area contributed by atoms with Gasteiger partial charge in [0.25, 0.3) is 0 Å². The summed E-state index contributed by atoms with van der Waals surface area (Å²) in [5.41, 5.74) is 5.38. The standard InChI is InChI=1S/C11H22N2O3/c1-8(2)9(12)10(14)13-6-11(15-3)4-5-16-7-11/h8-9H,4-7,12H2,1-3H3,(H,13,14). The molecule has 0 aromatic carbocycles. The highest BCUT2D eigenvalue weighted by molar-refractivity contribution is 5.81. The van der Waals surface area contributed by atoms with Crippen molar-refractivity contribution in [2.24, 2.45) is 11.7 Å². The van der Waals surface area contributed by atoms with Crippen LogP contribution in [0.15, 0.2) is 0 Å². The molecule has 16 heavy (non-hydrogen) atoms. The second kappa shape index (κ2) is 5.61. The summed E-state index contributed by atoms with van der Waals surface area (Å²) in [4.78, 5) is 11.7. The van der Waals surface area contributed by atoms with E-state index in [2.05, 4.69) is 5.32 Å². The number of hydrogen-bond acceptors (Lipinski definition) is 4. The second-order valence-corrected chi connectivity index (χ2v) is 4.68. The fourth-order valence-corrected chi connectivity index (χ4v) is 1.63. The number of hydrogen-bond donors (Lipinski definition) is 2. The molecule has 0 saturated carbocycles. The Balaban J connectivity index is 2.41. The van der Waals surface area contributed by atoms with Gasteiger partial charge in [0.05, 0.1) is 12.6 Å². The third kappa shape index (κ3) is 3.17. The van der Waals surface area contributed by atoms with Gasteiger partial charge in [-0.2, -0.15) is 0 Å². The number of nitrogens with one attached hydrogen (secondary N) is 1. The van der Waals surface area contributed by atoms with Gasteiger partial charge < -0.3 is 20.5 Å². The summed E-state index contributed by atoms with van der Waals surface area (Å²) in [6.07, 6.45) is 0.806. The number of carbonyl (C=O) groups excluding carboxylic acids is 1. The molecule has 0 aromatic heterocycles. The Hall–Kier alpha value is -0.650. The van der Waals surface area contributed by atoms with Crippen molar-refractivity contribution in [3.8, 4) is 0 Å². The van der Waals surface area contributed by atoms with Crippen LogP contribution in [-0.2, 0) is 14.3 Å². The van der Waals surface area contributed by atoms with E-state index in [1.807, 2.05) is 13.8 Å². The molecule has 0 bridgehead atoms. The lowest BCUT2D eigenvalue weighted by Crippen LogP contribution is -2.50. The summed E-state index contributed by atoms with van der Waals surface area (Å²) < 4.78 is 10.7. The fourth-order valence-electron chi connectivity index (χ4n) is 1.63. The van der Waals surface area contributed by atoms with Crippen LogP contribution in [0.5, 0.6) is 0 Å². The average molecular weight is 230 g/mol. The van der Waals surface area contributed by atoms with Gasteiger partial charge in [0, 0.05) is 26.7 Å². The van der Waals surface area contributed by atoms with Crippen LogP contribution in [0.25, 0.3) is 0 Å². The molecule has 1 heterocycles. The van der Waals surface area contributed by atoms with Gasteiger partial charge in [0.1, 0.15) is 5.60 Å². The van der Waals surface area contributed by atoms with E-state index in [1.54, 1.807) is 7.11 Å². The first-order valence-electron chi connectivity index (χ1n) is 5.67. The zero-order valence-corrected chi connectivity index (χ0v) is 10.3. The van der Waals surface area contributed by atoms with Crippen molar-refractivity contribution in [2.75, 3.05) is 26.9 Å². The Labute approximate surface area is 96.7 Å². The van der Waals surface area contributed by atoms with E-state index in [9.17, 15) is 4.79 Å². The smallest absolute Gasteiger partial charge is 0.237 e. The van der Waals surface area contributed by atoms with Gasteiger partial charge >= 0.3 is 0 Å². The van der Waals surface area contributed by atoms with Gasteiger partial charge in [0.15, 0.2) is 0 Å². The minimum atomic E-state index is -0.462. The minimum absolute atomic E-state index is 0.127. The Morgan fingerprint density at radius 2 is 2.31 bits per heavy atom. The minimum Gasteiger partial charge on any atom is -0.378 e. The number of ether oxygens (including phenoxy) is 2. The topological polar surface area (TPSA) is 73.6 Å². The van der Waals surface area contributed by atoms with Crippen LogP contribution in [0.3, 0.4) is 0 Å². The van der Waals surface area contributed by atoms with Crippen LogP contribution in [-0.4, -0.2) is 44.4 Å². The highest BCUT2D eigenvalue weighted by Gasteiger charge is 2.35. The van der Waals surface area contributed by atoms with Crippen molar-refractivity contribution in [2.45, 2.75) is 31.9 Å². The van der Waals surface area contributed by atoms with Gasteiger partial charge in [-0.1, -0.05) is 13.8 Å². The quantitative estimate of drug-likeness (QED) is 0.691. The zero-order chi connectivity index (χ0) is 12.2. The molecule has 1 amide bonds. The summed E-state index contributed by atoms with van der Waals surface area (Å²) in [6, 6.07) is -0.462. The van der Waals surface area contributed by atoms with Gasteiger partial charge in [-0.05, 0) is 5.92 Å². The van der Waals surface area contributed by atoms with Crippen molar-refractivity contribution in [1.29, 1.82) is 0 Å². The molecule has 5 nitrogen and oxygen atoms in total. The lowest BCUT2D eigenvalue weighted by molar-refractivity contribution is -0.124.